The Morgan fingerprint density at radius 3 is 2.77 bits per heavy atom. The molecule has 1 atom stereocenters. The number of nitrogen functional groups attached to an aromatic ring is 1. The number of benzene rings is 1. The number of nitrogens with two attached hydrogens (primary N) is 1. The van der Waals surface area contributed by atoms with Gasteiger partial charge in [0.25, 0.3) is 5.91 Å². The number of carbonyl (C=O) groups excluding carboxylic acids is 1. The van der Waals surface area contributed by atoms with Crippen LogP contribution in [0.5, 0.6) is 0 Å². The molecule has 11 nitrogen and oxygen atoms in total. The van der Waals surface area contributed by atoms with E-state index in [9.17, 15) is 4.79 Å². The van der Waals surface area contributed by atoms with Gasteiger partial charge in [0.15, 0.2) is 17.3 Å². The lowest BCUT2D eigenvalue weighted by Gasteiger charge is -2.15. The van der Waals surface area contributed by atoms with Crippen LogP contribution in [0.4, 0.5) is 5.82 Å². The molecule has 1 aliphatic rings. The largest absolute Gasteiger partial charge is 0.383 e. The molecule has 190 valence electrons. The van der Waals surface area contributed by atoms with Gasteiger partial charge in [0.05, 0.1) is 17.8 Å². The van der Waals surface area contributed by atoms with Crippen LogP contribution in [0, 0.1) is 0 Å². The highest BCUT2D eigenvalue weighted by molar-refractivity contribution is 5.92. The van der Waals surface area contributed by atoms with Crippen LogP contribution in [0.2, 0.25) is 0 Å². The Morgan fingerprint density at radius 2 is 1.95 bits per heavy atom. The van der Waals surface area contributed by atoms with E-state index in [-0.39, 0.29) is 11.9 Å². The zero-order chi connectivity index (χ0) is 26.3. The first-order chi connectivity index (χ1) is 19.2. The number of nitrogens with zero attached hydrogens (tertiary/aromatic N) is 8. The van der Waals surface area contributed by atoms with Gasteiger partial charge in [-0.1, -0.05) is 6.07 Å². The van der Waals surface area contributed by atoms with E-state index in [0.717, 1.165) is 35.2 Å². The zero-order valence-electron chi connectivity index (χ0n) is 20.6. The SMILES string of the molecule is Nc1ncccc1-c1nc2ccc(-n3cccn3)nc2n1-c1ccc2c(c1)CC[C@@H]2NC(=O)c1cnccn1. The molecule has 0 fully saturated rings. The second-order valence-corrected chi connectivity index (χ2v) is 9.21. The average molecular weight is 515 g/mol. The molecule has 3 N–H and O–H groups in total. The summed E-state index contributed by atoms with van der Waals surface area (Å²) < 4.78 is 3.71. The quantitative estimate of drug-likeness (QED) is 0.356. The van der Waals surface area contributed by atoms with Gasteiger partial charge in [-0.25, -0.2) is 24.6 Å². The van der Waals surface area contributed by atoms with Crippen molar-refractivity contribution in [2.45, 2.75) is 18.9 Å². The van der Waals surface area contributed by atoms with Gasteiger partial charge in [-0.2, -0.15) is 5.10 Å². The van der Waals surface area contributed by atoms with E-state index in [1.165, 1.54) is 12.4 Å². The van der Waals surface area contributed by atoms with Gasteiger partial charge >= 0.3 is 0 Å². The first kappa shape index (κ1) is 22.7. The molecule has 0 spiro atoms. The molecular formula is C28H22N10O. The molecule has 0 unspecified atom stereocenters. The predicted octanol–water partition coefficient (Wildman–Crippen LogP) is 3.46. The molecule has 0 saturated carbocycles. The maximum Gasteiger partial charge on any atom is 0.271 e. The van der Waals surface area contributed by atoms with Crippen molar-refractivity contribution in [2.75, 3.05) is 5.73 Å². The average Bonchev–Trinajstić information content (AvgIpc) is 3.72. The zero-order valence-corrected chi connectivity index (χ0v) is 20.6. The highest BCUT2D eigenvalue weighted by Crippen LogP contribution is 2.36. The number of fused-ring (bicyclic) bond motifs is 2. The monoisotopic (exact) mass is 514 g/mol. The number of rotatable bonds is 5. The van der Waals surface area contributed by atoms with Gasteiger partial charge < -0.3 is 11.1 Å². The normalized spacial score (nSPS) is 14.4. The molecular weight excluding hydrogens is 492 g/mol. The molecule has 39 heavy (non-hydrogen) atoms. The molecule has 0 bridgehead atoms. The lowest BCUT2D eigenvalue weighted by atomic mass is 10.1. The summed E-state index contributed by atoms with van der Waals surface area (Å²) in [5, 5.41) is 7.42. The molecule has 1 aromatic carbocycles. The molecule has 0 radical (unpaired) electrons. The van der Waals surface area contributed by atoms with Gasteiger partial charge in [-0.3, -0.25) is 14.3 Å². The Labute approximate surface area is 222 Å². The number of aryl methyl sites for hydroxylation is 1. The highest BCUT2D eigenvalue weighted by Gasteiger charge is 2.26. The lowest BCUT2D eigenvalue weighted by Crippen LogP contribution is -2.27. The van der Waals surface area contributed by atoms with Crippen LogP contribution in [0.1, 0.15) is 34.1 Å². The molecule has 1 amide bonds. The molecule has 11 heteroatoms. The van der Waals surface area contributed by atoms with Gasteiger partial charge in [0.2, 0.25) is 0 Å². The number of hydrogen-bond acceptors (Lipinski definition) is 8. The van der Waals surface area contributed by atoms with Crippen LogP contribution in [-0.4, -0.2) is 45.2 Å². The smallest absolute Gasteiger partial charge is 0.271 e. The number of hydrogen-bond donors (Lipinski definition) is 2. The Hall–Kier alpha value is -5.45. The number of anilines is 1. The number of carbonyl (C=O) groups is 1. The molecule has 6 aromatic rings. The first-order valence-corrected chi connectivity index (χ1v) is 12.5. The van der Waals surface area contributed by atoms with Crippen LogP contribution in [0.25, 0.3) is 34.1 Å². The van der Waals surface area contributed by atoms with Crippen molar-refractivity contribution in [3.63, 3.8) is 0 Å². The molecule has 5 aromatic heterocycles. The number of imidazole rings is 1. The third kappa shape index (κ3) is 3.96. The van der Waals surface area contributed by atoms with E-state index in [4.69, 9.17) is 15.7 Å². The van der Waals surface area contributed by atoms with Crippen molar-refractivity contribution in [1.82, 2.24) is 44.6 Å². The van der Waals surface area contributed by atoms with Gasteiger partial charge in [0.1, 0.15) is 17.0 Å². The lowest BCUT2D eigenvalue weighted by molar-refractivity contribution is 0.0931. The van der Waals surface area contributed by atoms with Crippen molar-refractivity contribution in [3.8, 4) is 22.9 Å². The van der Waals surface area contributed by atoms with Crippen molar-refractivity contribution in [3.05, 3.63) is 103 Å². The van der Waals surface area contributed by atoms with Crippen molar-refractivity contribution in [2.24, 2.45) is 0 Å². The Kier molecular flexibility index (Phi) is 5.32. The second kappa shape index (κ2) is 9.14. The van der Waals surface area contributed by atoms with Gasteiger partial charge in [0, 0.05) is 36.7 Å². The van der Waals surface area contributed by atoms with Crippen molar-refractivity contribution >= 4 is 22.9 Å². The molecule has 0 saturated heterocycles. The van der Waals surface area contributed by atoms with E-state index in [0.29, 0.717) is 34.4 Å². The first-order valence-electron chi connectivity index (χ1n) is 12.5. The minimum atomic E-state index is -0.240. The number of nitrogens with one attached hydrogen (secondary N) is 1. The van der Waals surface area contributed by atoms with Gasteiger partial charge in [-0.15, -0.1) is 0 Å². The fourth-order valence-electron chi connectivity index (χ4n) is 5.05. The van der Waals surface area contributed by atoms with Gasteiger partial charge in [-0.05, 0) is 66.4 Å². The van der Waals surface area contributed by atoms with Crippen molar-refractivity contribution in [1.29, 1.82) is 0 Å². The third-order valence-electron chi connectivity index (χ3n) is 6.87. The van der Waals surface area contributed by atoms with Crippen LogP contribution < -0.4 is 11.1 Å². The fourth-order valence-corrected chi connectivity index (χ4v) is 5.05. The number of aromatic nitrogens is 8. The van der Waals surface area contributed by atoms with E-state index >= 15 is 0 Å². The van der Waals surface area contributed by atoms with Crippen LogP contribution in [-0.2, 0) is 6.42 Å². The molecule has 0 aliphatic heterocycles. The maximum absolute atomic E-state index is 12.7. The maximum atomic E-state index is 12.7. The van der Waals surface area contributed by atoms with E-state index in [2.05, 4.69) is 37.5 Å². The molecule has 1 aliphatic carbocycles. The minimum Gasteiger partial charge on any atom is -0.383 e. The Balaban J connectivity index is 1.33. The summed E-state index contributed by atoms with van der Waals surface area (Å²) in [6.07, 6.45) is 11.3. The summed E-state index contributed by atoms with van der Waals surface area (Å²) >= 11 is 0. The summed E-state index contributed by atoms with van der Waals surface area (Å²) in [7, 11) is 0. The standard InChI is InChI=1S/C28H22N10O/c29-25-20(3-1-10-32-25)26-34-22-8-9-24(37-14-2-11-33-37)36-27(22)38(26)18-5-6-19-17(15-18)4-7-21(19)35-28(39)23-16-30-12-13-31-23/h1-3,5-6,8-16,21H,4,7H2,(H2,29,32)(H,35,39)/t21-/m0/s1. The van der Waals surface area contributed by atoms with E-state index in [1.54, 1.807) is 23.3 Å². The Bertz CT molecular complexity index is 1830. The summed E-state index contributed by atoms with van der Waals surface area (Å²) in [4.78, 5) is 34.9. The second-order valence-electron chi connectivity index (χ2n) is 9.21. The predicted molar refractivity (Wildman–Crippen MR) is 144 cm³/mol. The summed E-state index contributed by atoms with van der Waals surface area (Å²) in [5.74, 6) is 1.46. The molecule has 7 rings (SSSR count). The summed E-state index contributed by atoms with van der Waals surface area (Å²) in [6, 6.07) is 15.5. The fraction of sp³-hybridized carbons (Fsp3) is 0.107. The summed E-state index contributed by atoms with van der Waals surface area (Å²) in [6.45, 7) is 0. The van der Waals surface area contributed by atoms with Crippen LogP contribution in [0.3, 0.4) is 0 Å². The number of pyridine rings is 2. The highest BCUT2D eigenvalue weighted by atomic mass is 16.1. The van der Waals surface area contributed by atoms with Crippen molar-refractivity contribution < 1.29 is 4.79 Å². The van der Waals surface area contributed by atoms with E-state index < -0.39 is 0 Å². The third-order valence-corrected chi connectivity index (χ3v) is 6.87. The van der Waals surface area contributed by atoms with Crippen LogP contribution in [0.15, 0.2) is 85.7 Å². The van der Waals surface area contributed by atoms with E-state index in [1.807, 2.05) is 47.2 Å². The Morgan fingerprint density at radius 1 is 1.00 bits per heavy atom. The molecule has 5 heterocycles. The topological polar surface area (TPSA) is 142 Å². The minimum absolute atomic E-state index is 0.110. The summed E-state index contributed by atoms with van der Waals surface area (Å²) in [5.41, 5.74) is 11.8. The van der Waals surface area contributed by atoms with Crippen LogP contribution >= 0.6 is 0 Å². The number of amides is 1.